The normalized spacial score (nSPS) is 24.7. The van der Waals surface area contributed by atoms with Gasteiger partial charge in [0.15, 0.2) is 0 Å². The highest BCUT2D eigenvalue weighted by atomic mass is 16.2. The Labute approximate surface area is 165 Å². The number of carbonyl (C=O) groups excluding carboxylic acids is 2. The Morgan fingerprint density at radius 1 is 1.29 bits per heavy atom. The van der Waals surface area contributed by atoms with Crippen LogP contribution in [0, 0.1) is 5.92 Å². The summed E-state index contributed by atoms with van der Waals surface area (Å²) in [5.41, 5.74) is 3.50. The second kappa shape index (κ2) is 7.75. The van der Waals surface area contributed by atoms with Crippen molar-refractivity contribution in [2.24, 2.45) is 13.0 Å². The van der Waals surface area contributed by atoms with Crippen molar-refractivity contribution in [1.29, 1.82) is 0 Å². The van der Waals surface area contributed by atoms with Gasteiger partial charge in [0.25, 0.3) is 0 Å². The first-order valence-electron chi connectivity index (χ1n) is 9.87. The van der Waals surface area contributed by atoms with Crippen LogP contribution in [0.5, 0.6) is 0 Å². The van der Waals surface area contributed by atoms with Crippen LogP contribution in [0.4, 0.5) is 0 Å². The van der Waals surface area contributed by atoms with Gasteiger partial charge in [0.05, 0.1) is 18.2 Å². The van der Waals surface area contributed by atoms with Crippen molar-refractivity contribution >= 4 is 11.8 Å². The average molecular weight is 381 g/mol. The molecule has 28 heavy (non-hydrogen) atoms. The van der Waals surface area contributed by atoms with Crippen molar-refractivity contribution in [3.05, 3.63) is 53.3 Å². The summed E-state index contributed by atoms with van der Waals surface area (Å²) in [6.07, 6.45) is 5.61. The van der Waals surface area contributed by atoms with E-state index in [1.165, 1.54) is 11.1 Å². The standard InChI is InChI=1S/C21H27N5O2/c1-25-13-15(11-24-25)20-17(7-8-19(27)26(20)2)21(28)23-12-18-16-6-4-3-5-14(16)9-10-22-18/h3-6,11,13,17-18,20,22H,7-10,12H2,1-2H3,(H,23,28). The summed E-state index contributed by atoms with van der Waals surface area (Å²) >= 11 is 0. The van der Waals surface area contributed by atoms with Crippen molar-refractivity contribution in [3.63, 3.8) is 0 Å². The van der Waals surface area contributed by atoms with Gasteiger partial charge < -0.3 is 15.5 Å². The predicted octanol–water partition coefficient (Wildman–Crippen LogP) is 1.33. The van der Waals surface area contributed by atoms with E-state index in [1.54, 1.807) is 22.8 Å². The van der Waals surface area contributed by atoms with Gasteiger partial charge in [-0.1, -0.05) is 24.3 Å². The van der Waals surface area contributed by atoms with Crippen LogP contribution in [0.1, 0.15) is 41.6 Å². The van der Waals surface area contributed by atoms with Crippen molar-refractivity contribution < 1.29 is 9.59 Å². The summed E-state index contributed by atoms with van der Waals surface area (Å²) in [5.74, 6) is -0.204. The fourth-order valence-electron chi connectivity index (χ4n) is 4.47. The number of fused-ring (bicyclic) bond motifs is 1. The maximum absolute atomic E-state index is 13.1. The van der Waals surface area contributed by atoms with Crippen molar-refractivity contribution in [3.8, 4) is 0 Å². The molecular formula is C21H27N5O2. The van der Waals surface area contributed by atoms with Gasteiger partial charge in [-0.15, -0.1) is 0 Å². The molecule has 2 aliphatic heterocycles. The molecule has 2 amide bonds. The minimum Gasteiger partial charge on any atom is -0.354 e. The lowest BCUT2D eigenvalue weighted by Gasteiger charge is -2.38. The molecule has 0 bridgehead atoms. The molecule has 0 radical (unpaired) electrons. The van der Waals surface area contributed by atoms with Crippen molar-refractivity contribution in [1.82, 2.24) is 25.3 Å². The van der Waals surface area contributed by atoms with Gasteiger partial charge in [0, 0.05) is 44.9 Å². The van der Waals surface area contributed by atoms with Gasteiger partial charge in [-0.2, -0.15) is 5.10 Å². The molecule has 1 aromatic heterocycles. The van der Waals surface area contributed by atoms with Gasteiger partial charge in [-0.05, 0) is 30.5 Å². The minimum absolute atomic E-state index is 0.00180. The van der Waals surface area contributed by atoms with E-state index >= 15 is 0 Å². The molecule has 148 valence electrons. The lowest BCUT2D eigenvalue weighted by atomic mass is 9.85. The van der Waals surface area contributed by atoms with Crippen LogP contribution in [0.2, 0.25) is 0 Å². The first kappa shape index (κ1) is 18.7. The highest BCUT2D eigenvalue weighted by Crippen LogP contribution is 2.35. The fraction of sp³-hybridized carbons (Fsp3) is 0.476. The van der Waals surface area contributed by atoms with Gasteiger partial charge in [0.2, 0.25) is 11.8 Å². The summed E-state index contributed by atoms with van der Waals surface area (Å²) < 4.78 is 1.71. The molecule has 0 spiro atoms. The molecule has 3 unspecified atom stereocenters. The number of nitrogens with zero attached hydrogens (tertiary/aromatic N) is 3. The summed E-state index contributed by atoms with van der Waals surface area (Å²) in [7, 11) is 3.62. The van der Waals surface area contributed by atoms with Gasteiger partial charge in [0.1, 0.15) is 0 Å². The number of aryl methyl sites for hydroxylation is 1. The van der Waals surface area contributed by atoms with E-state index in [-0.39, 0.29) is 29.8 Å². The number of benzene rings is 1. The molecular weight excluding hydrogens is 354 g/mol. The quantitative estimate of drug-likeness (QED) is 0.838. The van der Waals surface area contributed by atoms with E-state index in [0.29, 0.717) is 19.4 Å². The van der Waals surface area contributed by atoms with Crippen LogP contribution >= 0.6 is 0 Å². The number of piperidine rings is 1. The number of hydrogen-bond acceptors (Lipinski definition) is 4. The van der Waals surface area contributed by atoms with Crippen molar-refractivity contribution in [2.45, 2.75) is 31.3 Å². The Morgan fingerprint density at radius 3 is 2.89 bits per heavy atom. The fourth-order valence-corrected chi connectivity index (χ4v) is 4.47. The van der Waals surface area contributed by atoms with E-state index in [1.807, 2.05) is 19.3 Å². The molecule has 2 aromatic rings. The third-order valence-electron chi connectivity index (χ3n) is 5.96. The molecule has 7 nitrogen and oxygen atoms in total. The van der Waals surface area contributed by atoms with Crippen LogP contribution in [-0.4, -0.2) is 46.6 Å². The Kier molecular flexibility index (Phi) is 5.17. The first-order valence-corrected chi connectivity index (χ1v) is 9.87. The zero-order valence-corrected chi connectivity index (χ0v) is 16.4. The highest BCUT2D eigenvalue weighted by Gasteiger charge is 2.39. The van der Waals surface area contributed by atoms with Crippen molar-refractivity contribution in [2.75, 3.05) is 20.1 Å². The monoisotopic (exact) mass is 381 g/mol. The summed E-state index contributed by atoms with van der Waals surface area (Å²) in [4.78, 5) is 27.0. The molecule has 1 fully saturated rings. The van der Waals surface area contributed by atoms with E-state index in [2.05, 4.69) is 33.9 Å². The lowest BCUT2D eigenvalue weighted by molar-refractivity contribution is -0.141. The number of likely N-dealkylation sites (tertiary alicyclic amines) is 1. The number of hydrogen-bond donors (Lipinski definition) is 2. The Balaban J connectivity index is 1.48. The highest BCUT2D eigenvalue weighted by molar-refractivity contribution is 5.84. The molecule has 4 rings (SSSR count). The SMILES string of the molecule is CN1C(=O)CCC(C(=O)NCC2NCCc3ccccc32)C1c1cnn(C)c1. The van der Waals surface area contributed by atoms with E-state index in [0.717, 1.165) is 18.5 Å². The van der Waals surface area contributed by atoms with Crippen LogP contribution < -0.4 is 10.6 Å². The molecule has 2 N–H and O–H groups in total. The molecule has 2 aliphatic rings. The topological polar surface area (TPSA) is 79.3 Å². The second-order valence-electron chi connectivity index (χ2n) is 7.74. The number of carbonyl (C=O) groups is 2. The zero-order valence-electron chi connectivity index (χ0n) is 16.4. The maximum atomic E-state index is 13.1. The smallest absolute Gasteiger partial charge is 0.225 e. The van der Waals surface area contributed by atoms with Crippen LogP contribution in [0.25, 0.3) is 0 Å². The molecule has 0 aliphatic carbocycles. The number of rotatable bonds is 4. The molecule has 1 saturated heterocycles. The Morgan fingerprint density at radius 2 is 2.11 bits per heavy atom. The average Bonchev–Trinajstić information content (AvgIpc) is 3.13. The van der Waals surface area contributed by atoms with Gasteiger partial charge >= 0.3 is 0 Å². The van der Waals surface area contributed by atoms with E-state index in [9.17, 15) is 9.59 Å². The van der Waals surface area contributed by atoms with Crippen LogP contribution in [0.15, 0.2) is 36.7 Å². The minimum atomic E-state index is -0.276. The predicted molar refractivity (Wildman–Crippen MR) is 105 cm³/mol. The Bertz CT molecular complexity index is 877. The zero-order chi connectivity index (χ0) is 19.7. The third-order valence-corrected chi connectivity index (χ3v) is 5.96. The molecule has 0 saturated carbocycles. The number of aromatic nitrogens is 2. The molecule has 7 heteroatoms. The second-order valence-corrected chi connectivity index (χ2v) is 7.74. The van der Waals surface area contributed by atoms with Crippen LogP contribution in [-0.2, 0) is 23.1 Å². The maximum Gasteiger partial charge on any atom is 0.225 e. The third kappa shape index (κ3) is 3.54. The first-order chi connectivity index (χ1) is 13.5. The molecule has 3 heterocycles. The lowest BCUT2D eigenvalue weighted by Crippen LogP contribution is -2.48. The summed E-state index contributed by atoms with van der Waals surface area (Å²) in [5, 5.41) is 10.9. The number of amides is 2. The van der Waals surface area contributed by atoms with Crippen LogP contribution in [0.3, 0.4) is 0 Å². The van der Waals surface area contributed by atoms with E-state index < -0.39 is 0 Å². The largest absolute Gasteiger partial charge is 0.354 e. The number of nitrogens with one attached hydrogen (secondary N) is 2. The molecule has 1 aromatic carbocycles. The van der Waals surface area contributed by atoms with E-state index in [4.69, 9.17) is 0 Å². The van der Waals surface area contributed by atoms with Gasteiger partial charge in [-0.3, -0.25) is 14.3 Å². The summed E-state index contributed by atoms with van der Waals surface area (Å²) in [6, 6.07) is 8.23. The molecule has 3 atom stereocenters. The van der Waals surface area contributed by atoms with Gasteiger partial charge in [-0.25, -0.2) is 0 Å². The summed E-state index contributed by atoms with van der Waals surface area (Å²) in [6.45, 7) is 1.46. The Hall–Kier alpha value is -2.67.